The number of hydrogen-bond donors (Lipinski definition) is 0. The quantitative estimate of drug-likeness (QED) is 0.374. The summed E-state index contributed by atoms with van der Waals surface area (Å²) in [6.45, 7) is 8.32. The zero-order valence-electron chi connectivity index (χ0n) is 16.8. The predicted octanol–water partition coefficient (Wildman–Crippen LogP) is 6.83. The Morgan fingerprint density at radius 3 is 2.21 bits per heavy atom. The van der Waals surface area contributed by atoms with E-state index >= 15 is 0 Å². The molecule has 5 heteroatoms. The number of benzene rings is 2. The zero-order chi connectivity index (χ0) is 20.8. The van der Waals surface area contributed by atoms with Crippen molar-refractivity contribution in [2.45, 2.75) is 51.7 Å². The lowest BCUT2D eigenvalue weighted by molar-refractivity contribution is -0.138. The summed E-state index contributed by atoms with van der Waals surface area (Å²) in [4.78, 5) is 2.28. The molecule has 0 spiro atoms. The van der Waals surface area contributed by atoms with Gasteiger partial charge in [0.05, 0.1) is 5.56 Å². The SMILES string of the molecule is CCc1c(CN(CCCBr)CC(C)(C)c2ccccc2)cccc1C(F)(F)F. The molecule has 0 bridgehead atoms. The Labute approximate surface area is 175 Å². The van der Waals surface area contributed by atoms with E-state index in [9.17, 15) is 13.2 Å². The maximum Gasteiger partial charge on any atom is 0.416 e. The molecule has 0 atom stereocenters. The maximum absolute atomic E-state index is 13.4. The van der Waals surface area contributed by atoms with Crippen molar-refractivity contribution in [1.82, 2.24) is 4.90 Å². The molecule has 2 rings (SSSR count). The minimum Gasteiger partial charge on any atom is -0.298 e. The van der Waals surface area contributed by atoms with Gasteiger partial charge in [0.25, 0.3) is 0 Å². The third-order valence-electron chi connectivity index (χ3n) is 5.11. The van der Waals surface area contributed by atoms with Crippen molar-refractivity contribution in [3.05, 3.63) is 70.8 Å². The van der Waals surface area contributed by atoms with E-state index in [0.717, 1.165) is 30.4 Å². The zero-order valence-corrected chi connectivity index (χ0v) is 18.4. The summed E-state index contributed by atoms with van der Waals surface area (Å²) in [7, 11) is 0. The van der Waals surface area contributed by atoms with Gasteiger partial charge in [0, 0.05) is 23.8 Å². The highest BCUT2D eigenvalue weighted by atomic mass is 79.9. The molecule has 2 aromatic carbocycles. The molecule has 0 N–H and O–H groups in total. The van der Waals surface area contributed by atoms with Gasteiger partial charge in [0.1, 0.15) is 0 Å². The molecule has 0 saturated carbocycles. The number of rotatable bonds is 9. The van der Waals surface area contributed by atoms with Crippen LogP contribution < -0.4 is 0 Å². The summed E-state index contributed by atoms with van der Waals surface area (Å²) in [5, 5.41) is 0.874. The van der Waals surface area contributed by atoms with Crippen molar-refractivity contribution >= 4 is 15.9 Å². The molecule has 0 aliphatic carbocycles. The Morgan fingerprint density at radius 2 is 1.64 bits per heavy atom. The summed E-state index contributed by atoms with van der Waals surface area (Å²) in [5.74, 6) is 0. The first-order valence-corrected chi connectivity index (χ1v) is 10.8. The summed E-state index contributed by atoms with van der Waals surface area (Å²) in [5.41, 5.74) is 1.82. The molecule has 2 aromatic rings. The summed E-state index contributed by atoms with van der Waals surface area (Å²) in [6, 6.07) is 14.9. The van der Waals surface area contributed by atoms with Crippen LogP contribution in [0.1, 0.15) is 49.4 Å². The molecule has 0 amide bonds. The summed E-state index contributed by atoms with van der Waals surface area (Å²) < 4.78 is 40.3. The van der Waals surface area contributed by atoms with Crippen LogP contribution in [0.4, 0.5) is 13.2 Å². The van der Waals surface area contributed by atoms with Crippen LogP contribution >= 0.6 is 15.9 Å². The molecular formula is C23H29BrF3N. The number of alkyl halides is 4. The molecule has 0 radical (unpaired) electrons. The normalized spacial score (nSPS) is 12.6. The Kier molecular flexibility index (Phi) is 8.14. The minimum atomic E-state index is -4.31. The third kappa shape index (κ3) is 6.08. The first-order chi connectivity index (χ1) is 13.2. The van der Waals surface area contributed by atoms with E-state index in [4.69, 9.17) is 0 Å². The molecule has 0 aliphatic heterocycles. The van der Waals surface area contributed by atoms with E-state index < -0.39 is 11.7 Å². The Morgan fingerprint density at radius 1 is 0.964 bits per heavy atom. The first-order valence-electron chi connectivity index (χ1n) is 9.71. The number of halogens is 4. The molecular weight excluding hydrogens is 427 g/mol. The van der Waals surface area contributed by atoms with Crippen molar-refractivity contribution in [3.63, 3.8) is 0 Å². The first kappa shape index (κ1) is 23.0. The lowest BCUT2D eigenvalue weighted by Gasteiger charge is -2.34. The topological polar surface area (TPSA) is 3.24 Å². The van der Waals surface area contributed by atoms with Crippen LogP contribution in [0.15, 0.2) is 48.5 Å². The second-order valence-electron chi connectivity index (χ2n) is 7.80. The molecule has 1 nitrogen and oxygen atoms in total. The lowest BCUT2D eigenvalue weighted by atomic mass is 9.84. The highest BCUT2D eigenvalue weighted by molar-refractivity contribution is 9.09. The van der Waals surface area contributed by atoms with E-state index in [-0.39, 0.29) is 5.41 Å². The number of nitrogens with zero attached hydrogens (tertiary/aromatic N) is 1. The molecule has 28 heavy (non-hydrogen) atoms. The highest BCUT2D eigenvalue weighted by Crippen LogP contribution is 2.34. The van der Waals surface area contributed by atoms with Crippen LogP contribution in [-0.4, -0.2) is 23.3 Å². The fourth-order valence-corrected chi connectivity index (χ4v) is 3.99. The van der Waals surface area contributed by atoms with Gasteiger partial charge in [-0.1, -0.05) is 79.2 Å². The van der Waals surface area contributed by atoms with E-state index in [1.807, 2.05) is 24.3 Å². The summed E-state index contributed by atoms with van der Waals surface area (Å²) in [6.07, 6.45) is -2.99. The van der Waals surface area contributed by atoms with E-state index in [1.54, 1.807) is 6.92 Å². The molecule has 0 heterocycles. The fraction of sp³-hybridized carbons (Fsp3) is 0.478. The van der Waals surface area contributed by atoms with Crippen molar-refractivity contribution in [3.8, 4) is 0 Å². The number of hydrogen-bond acceptors (Lipinski definition) is 1. The van der Waals surface area contributed by atoms with Crippen molar-refractivity contribution in [2.75, 3.05) is 18.4 Å². The third-order valence-corrected chi connectivity index (χ3v) is 5.67. The Bertz CT molecular complexity index is 741. The van der Waals surface area contributed by atoms with Gasteiger partial charge in [-0.2, -0.15) is 13.2 Å². The molecule has 0 saturated heterocycles. The Balaban J connectivity index is 2.30. The average molecular weight is 456 g/mol. The largest absolute Gasteiger partial charge is 0.416 e. The van der Waals surface area contributed by atoms with Gasteiger partial charge in [-0.15, -0.1) is 0 Å². The Hall–Kier alpha value is -1.33. The van der Waals surface area contributed by atoms with Crippen molar-refractivity contribution in [1.29, 1.82) is 0 Å². The molecule has 154 valence electrons. The maximum atomic E-state index is 13.4. The average Bonchev–Trinajstić information content (AvgIpc) is 2.65. The smallest absolute Gasteiger partial charge is 0.298 e. The second kappa shape index (κ2) is 9.93. The highest BCUT2D eigenvalue weighted by Gasteiger charge is 2.34. The van der Waals surface area contributed by atoms with Gasteiger partial charge in [0.2, 0.25) is 0 Å². The van der Waals surface area contributed by atoms with Crippen molar-refractivity contribution in [2.24, 2.45) is 0 Å². The van der Waals surface area contributed by atoms with E-state index in [1.165, 1.54) is 17.7 Å². The standard InChI is InChI=1S/C23H29BrF3N/c1-4-20-18(10-8-13-21(20)23(25,26)27)16-28(15-9-14-24)17-22(2,3)19-11-6-5-7-12-19/h5-8,10-13H,4,9,14-17H2,1-3H3. The van der Waals surface area contributed by atoms with Crippen LogP contribution in [-0.2, 0) is 24.6 Å². The molecule has 0 aromatic heterocycles. The fourth-order valence-electron chi connectivity index (χ4n) is 3.74. The predicted molar refractivity (Wildman–Crippen MR) is 114 cm³/mol. The van der Waals surface area contributed by atoms with Crippen LogP contribution in [0.3, 0.4) is 0 Å². The van der Waals surface area contributed by atoms with E-state index in [2.05, 4.69) is 46.8 Å². The van der Waals surface area contributed by atoms with Gasteiger partial charge in [-0.3, -0.25) is 4.90 Å². The second-order valence-corrected chi connectivity index (χ2v) is 8.59. The van der Waals surface area contributed by atoms with Gasteiger partial charge in [-0.05, 0) is 42.1 Å². The van der Waals surface area contributed by atoms with E-state index in [0.29, 0.717) is 18.5 Å². The van der Waals surface area contributed by atoms with Gasteiger partial charge >= 0.3 is 6.18 Å². The van der Waals surface area contributed by atoms with Crippen LogP contribution in [0.5, 0.6) is 0 Å². The van der Waals surface area contributed by atoms with Crippen LogP contribution in [0, 0.1) is 0 Å². The van der Waals surface area contributed by atoms with Gasteiger partial charge in [-0.25, -0.2) is 0 Å². The molecule has 0 aliphatic rings. The lowest BCUT2D eigenvalue weighted by Crippen LogP contribution is -2.37. The van der Waals surface area contributed by atoms with Gasteiger partial charge in [0.15, 0.2) is 0 Å². The summed E-state index contributed by atoms with van der Waals surface area (Å²) >= 11 is 3.48. The van der Waals surface area contributed by atoms with Crippen LogP contribution in [0.2, 0.25) is 0 Å². The molecule has 0 unspecified atom stereocenters. The van der Waals surface area contributed by atoms with Crippen molar-refractivity contribution < 1.29 is 13.2 Å². The van der Waals surface area contributed by atoms with Gasteiger partial charge < -0.3 is 0 Å². The minimum absolute atomic E-state index is 0.0956. The monoisotopic (exact) mass is 455 g/mol. The van der Waals surface area contributed by atoms with Crippen LogP contribution in [0.25, 0.3) is 0 Å². The molecule has 0 fully saturated rings.